The lowest BCUT2D eigenvalue weighted by atomic mass is 10.1. The third-order valence-electron chi connectivity index (χ3n) is 3.90. The van der Waals surface area contributed by atoms with Crippen LogP contribution in [0, 0.1) is 6.92 Å². The number of anilines is 1. The van der Waals surface area contributed by atoms with Crippen molar-refractivity contribution in [3.05, 3.63) is 53.2 Å². The second kappa shape index (κ2) is 7.31. The Morgan fingerprint density at radius 1 is 1.32 bits per heavy atom. The molecule has 0 aliphatic carbocycles. The average Bonchev–Trinajstić information content (AvgIpc) is 3.09. The molecular formula is C18H18N2O5. The van der Waals surface area contributed by atoms with Gasteiger partial charge in [-0.25, -0.2) is 9.78 Å². The van der Waals surface area contributed by atoms with Crippen LogP contribution in [0.4, 0.5) is 5.69 Å². The number of pyridine rings is 1. The lowest BCUT2D eigenvalue weighted by Gasteiger charge is -2.12. The molecule has 0 spiro atoms. The number of nitrogens with one attached hydrogen (secondary N) is 1. The SMILES string of the molecule is Cc1ccc(NC(=O)c2ccnc(O[C@@H]3CCOC3)c2)cc1C(=O)O. The van der Waals surface area contributed by atoms with Crippen LogP contribution in [0.2, 0.25) is 0 Å². The maximum Gasteiger partial charge on any atom is 0.336 e. The van der Waals surface area contributed by atoms with E-state index >= 15 is 0 Å². The summed E-state index contributed by atoms with van der Waals surface area (Å²) in [5, 5.41) is 11.9. The molecule has 2 aromatic rings. The van der Waals surface area contributed by atoms with Crippen LogP contribution in [-0.4, -0.2) is 41.3 Å². The quantitative estimate of drug-likeness (QED) is 0.866. The maximum absolute atomic E-state index is 12.4. The lowest BCUT2D eigenvalue weighted by Crippen LogP contribution is -2.17. The van der Waals surface area contributed by atoms with Gasteiger partial charge >= 0.3 is 5.97 Å². The second-order valence-electron chi connectivity index (χ2n) is 5.78. The molecule has 1 aliphatic rings. The highest BCUT2D eigenvalue weighted by Gasteiger charge is 2.18. The van der Waals surface area contributed by atoms with E-state index in [2.05, 4.69) is 10.3 Å². The Morgan fingerprint density at radius 2 is 2.16 bits per heavy atom. The van der Waals surface area contributed by atoms with Crippen LogP contribution in [0.3, 0.4) is 0 Å². The van der Waals surface area contributed by atoms with Crippen molar-refractivity contribution in [3.8, 4) is 5.88 Å². The minimum absolute atomic E-state index is 0.0546. The summed E-state index contributed by atoms with van der Waals surface area (Å²) in [7, 11) is 0. The number of carboxylic acids is 1. The maximum atomic E-state index is 12.4. The first kappa shape index (κ1) is 16.9. The van der Waals surface area contributed by atoms with Gasteiger partial charge in [-0.05, 0) is 30.7 Å². The molecule has 25 heavy (non-hydrogen) atoms. The van der Waals surface area contributed by atoms with Gasteiger partial charge in [0.15, 0.2) is 0 Å². The van der Waals surface area contributed by atoms with Gasteiger partial charge in [0, 0.05) is 29.9 Å². The van der Waals surface area contributed by atoms with Crippen LogP contribution in [-0.2, 0) is 4.74 Å². The Morgan fingerprint density at radius 3 is 2.88 bits per heavy atom. The lowest BCUT2D eigenvalue weighted by molar-refractivity contribution is 0.0695. The Hall–Kier alpha value is -2.93. The highest BCUT2D eigenvalue weighted by molar-refractivity contribution is 6.05. The van der Waals surface area contributed by atoms with Crippen LogP contribution in [0.15, 0.2) is 36.5 Å². The zero-order valence-corrected chi connectivity index (χ0v) is 13.7. The first-order chi connectivity index (χ1) is 12.0. The zero-order chi connectivity index (χ0) is 17.8. The number of carboxylic acid groups (broad SMARTS) is 1. The van der Waals surface area contributed by atoms with Gasteiger partial charge in [-0.1, -0.05) is 6.07 Å². The molecule has 2 N–H and O–H groups in total. The summed E-state index contributed by atoms with van der Waals surface area (Å²) in [5.74, 6) is -1.04. The van der Waals surface area contributed by atoms with Gasteiger partial charge in [0.25, 0.3) is 5.91 Å². The van der Waals surface area contributed by atoms with E-state index in [0.717, 1.165) is 6.42 Å². The molecule has 1 aromatic carbocycles. The molecule has 2 heterocycles. The number of carbonyl (C=O) groups is 2. The summed E-state index contributed by atoms with van der Waals surface area (Å²) in [6.45, 7) is 2.87. The highest BCUT2D eigenvalue weighted by Crippen LogP contribution is 2.19. The van der Waals surface area contributed by atoms with Crippen molar-refractivity contribution in [2.45, 2.75) is 19.4 Å². The predicted octanol–water partition coefficient (Wildman–Crippen LogP) is 2.51. The third kappa shape index (κ3) is 4.13. The predicted molar refractivity (Wildman–Crippen MR) is 90.2 cm³/mol. The monoisotopic (exact) mass is 342 g/mol. The number of hydrogen-bond donors (Lipinski definition) is 2. The molecule has 7 nitrogen and oxygen atoms in total. The molecule has 0 bridgehead atoms. The fourth-order valence-electron chi connectivity index (χ4n) is 2.53. The molecule has 130 valence electrons. The third-order valence-corrected chi connectivity index (χ3v) is 3.90. The van der Waals surface area contributed by atoms with Gasteiger partial charge in [0.1, 0.15) is 6.10 Å². The Kier molecular flexibility index (Phi) is 4.95. The van der Waals surface area contributed by atoms with Crippen molar-refractivity contribution < 1.29 is 24.2 Å². The van der Waals surface area contributed by atoms with Gasteiger partial charge in [-0.3, -0.25) is 4.79 Å². The minimum Gasteiger partial charge on any atom is -0.478 e. The van der Waals surface area contributed by atoms with Crippen molar-refractivity contribution >= 4 is 17.6 Å². The molecule has 1 saturated heterocycles. The van der Waals surface area contributed by atoms with Crippen molar-refractivity contribution in [1.29, 1.82) is 0 Å². The van der Waals surface area contributed by atoms with E-state index in [0.29, 0.717) is 35.9 Å². The number of hydrogen-bond acceptors (Lipinski definition) is 5. The number of aromatic carboxylic acids is 1. The molecule has 0 unspecified atom stereocenters. The van der Waals surface area contributed by atoms with Gasteiger partial charge in [0.2, 0.25) is 5.88 Å². The van der Waals surface area contributed by atoms with Gasteiger partial charge in [-0.2, -0.15) is 0 Å². The standard InChI is InChI=1S/C18H18N2O5/c1-11-2-3-13(9-15(11)18(22)23)20-17(21)12-4-6-19-16(8-12)25-14-5-7-24-10-14/h2-4,6,8-9,14H,5,7,10H2,1H3,(H,20,21)(H,22,23)/t14-/m1/s1. The molecular weight excluding hydrogens is 324 g/mol. The van der Waals surface area contributed by atoms with E-state index in [-0.39, 0.29) is 17.6 Å². The summed E-state index contributed by atoms with van der Waals surface area (Å²) in [6.07, 6.45) is 2.23. The van der Waals surface area contributed by atoms with Gasteiger partial charge in [-0.15, -0.1) is 0 Å². The fraction of sp³-hybridized carbons (Fsp3) is 0.278. The first-order valence-corrected chi connectivity index (χ1v) is 7.88. The van der Waals surface area contributed by atoms with Crippen molar-refractivity contribution in [3.63, 3.8) is 0 Å². The molecule has 7 heteroatoms. The molecule has 0 radical (unpaired) electrons. The topological polar surface area (TPSA) is 97.8 Å². The number of aromatic nitrogens is 1. The number of carbonyl (C=O) groups excluding carboxylic acids is 1. The molecule has 0 saturated carbocycles. The van der Waals surface area contributed by atoms with Crippen molar-refractivity contribution in [2.24, 2.45) is 0 Å². The van der Waals surface area contributed by atoms with Crippen molar-refractivity contribution in [1.82, 2.24) is 4.98 Å². The minimum atomic E-state index is -1.04. The van der Waals surface area contributed by atoms with E-state index in [1.54, 1.807) is 31.2 Å². The van der Waals surface area contributed by atoms with Crippen molar-refractivity contribution in [2.75, 3.05) is 18.5 Å². The first-order valence-electron chi connectivity index (χ1n) is 7.88. The van der Waals surface area contributed by atoms with E-state index in [1.165, 1.54) is 12.3 Å². The number of aryl methyl sites for hydroxylation is 1. The van der Waals surface area contributed by atoms with Gasteiger partial charge < -0.3 is 19.9 Å². The number of ether oxygens (including phenoxy) is 2. The second-order valence-corrected chi connectivity index (χ2v) is 5.78. The Balaban J connectivity index is 1.72. The van der Waals surface area contributed by atoms with E-state index < -0.39 is 5.97 Å². The van der Waals surface area contributed by atoms with Crippen LogP contribution in [0.1, 0.15) is 32.7 Å². The van der Waals surface area contributed by atoms with Crippen LogP contribution in [0.5, 0.6) is 5.88 Å². The number of rotatable bonds is 5. The molecule has 1 fully saturated rings. The number of amides is 1. The Labute approximate surface area is 144 Å². The van der Waals surface area contributed by atoms with E-state index in [9.17, 15) is 9.59 Å². The fourth-order valence-corrected chi connectivity index (χ4v) is 2.53. The summed E-state index contributed by atoms with van der Waals surface area (Å²) in [4.78, 5) is 27.7. The van der Waals surface area contributed by atoms with Gasteiger partial charge in [0.05, 0.1) is 18.8 Å². The normalized spacial score (nSPS) is 16.4. The van der Waals surface area contributed by atoms with E-state index in [4.69, 9.17) is 14.6 Å². The molecule has 1 atom stereocenters. The number of benzene rings is 1. The summed E-state index contributed by atoms with van der Waals surface area (Å²) < 4.78 is 10.9. The van der Waals surface area contributed by atoms with Crippen LogP contribution < -0.4 is 10.1 Å². The van der Waals surface area contributed by atoms with Crippen LogP contribution in [0.25, 0.3) is 0 Å². The largest absolute Gasteiger partial charge is 0.478 e. The highest BCUT2D eigenvalue weighted by atomic mass is 16.5. The number of nitrogens with zero attached hydrogens (tertiary/aromatic N) is 1. The van der Waals surface area contributed by atoms with E-state index in [1.807, 2.05) is 0 Å². The molecule has 1 amide bonds. The molecule has 3 rings (SSSR count). The smallest absolute Gasteiger partial charge is 0.336 e. The summed E-state index contributed by atoms with van der Waals surface area (Å²) in [6, 6.07) is 7.87. The van der Waals surface area contributed by atoms with Crippen LogP contribution >= 0.6 is 0 Å². The average molecular weight is 342 g/mol. The summed E-state index contributed by atoms with van der Waals surface area (Å²) >= 11 is 0. The zero-order valence-electron chi connectivity index (χ0n) is 13.7. The molecule has 1 aromatic heterocycles. The Bertz CT molecular complexity index is 800. The summed E-state index contributed by atoms with van der Waals surface area (Å²) in [5.41, 5.74) is 1.57. The molecule has 1 aliphatic heterocycles.